The maximum Gasteiger partial charge on any atom is 0.222 e. The number of hydrogen-bond acceptors (Lipinski definition) is 5. The van der Waals surface area contributed by atoms with Gasteiger partial charge in [-0.05, 0) is 49.8 Å². The number of carbonyl (C=O) groups is 1. The van der Waals surface area contributed by atoms with Crippen molar-refractivity contribution in [1.82, 2.24) is 19.8 Å². The second kappa shape index (κ2) is 10.9. The van der Waals surface area contributed by atoms with Crippen LogP contribution in [-0.4, -0.2) is 66.0 Å². The Hall–Kier alpha value is -2.47. The Morgan fingerprint density at radius 2 is 2.14 bits per heavy atom. The molecule has 1 aromatic heterocycles. The zero-order valence-corrected chi connectivity index (χ0v) is 17.6. The van der Waals surface area contributed by atoms with Gasteiger partial charge in [0.15, 0.2) is 0 Å². The molecule has 0 N–H and O–H groups in total. The van der Waals surface area contributed by atoms with Gasteiger partial charge in [-0.2, -0.15) is 0 Å². The molecule has 0 saturated carbocycles. The monoisotopic (exact) mass is 396 g/mol. The lowest BCUT2D eigenvalue weighted by Gasteiger charge is -2.34. The van der Waals surface area contributed by atoms with Gasteiger partial charge in [-0.15, -0.1) is 0 Å². The molecule has 29 heavy (non-hydrogen) atoms. The average molecular weight is 397 g/mol. The quantitative estimate of drug-likeness (QED) is 0.652. The smallest absolute Gasteiger partial charge is 0.222 e. The third-order valence-corrected chi connectivity index (χ3v) is 5.66. The number of nitrogens with zero attached hydrogens (tertiary/aromatic N) is 4. The molecule has 1 atom stereocenters. The van der Waals surface area contributed by atoms with Crippen LogP contribution in [0, 0.1) is 5.92 Å². The Bertz CT molecular complexity index is 768. The summed E-state index contributed by atoms with van der Waals surface area (Å²) in [5, 5.41) is 0. The van der Waals surface area contributed by atoms with E-state index in [4.69, 9.17) is 4.74 Å². The summed E-state index contributed by atoms with van der Waals surface area (Å²) in [4.78, 5) is 25.2. The summed E-state index contributed by atoms with van der Waals surface area (Å²) in [7, 11) is 3.65. The van der Waals surface area contributed by atoms with E-state index in [1.54, 1.807) is 25.7 Å². The number of hydrogen-bond donors (Lipinski definition) is 0. The van der Waals surface area contributed by atoms with E-state index < -0.39 is 0 Å². The summed E-state index contributed by atoms with van der Waals surface area (Å²) in [5.74, 6) is 1.68. The minimum atomic E-state index is 0.182. The molecule has 1 aromatic carbocycles. The van der Waals surface area contributed by atoms with Crippen LogP contribution in [0.4, 0.5) is 0 Å². The number of aromatic nitrogens is 2. The third kappa shape index (κ3) is 6.53. The molecule has 1 fully saturated rings. The molecule has 0 aliphatic carbocycles. The zero-order valence-electron chi connectivity index (χ0n) is 17.6. The first kappa shape index (κ1) is 21.2. The number of rotatable bonds is 9. The van der Waals surface area contributed by atoms with E-state index in [0.717, 1.165) is 44.0 Å². The van der Waals surface area contributed by atoms with Gasteiger partial charge in [0.2, 0.25) is 5.91 Å². The second-order valence-corrected chi connectivity index (χ2v) is 7.84. The molecule has 0 spiro atoms. The normalized spacial score (nSPS) is 17.1. The lowest BCUT2D eigenvalue weighted by atomic mass is 9.97. The van der Waals surface area contributed by atoms with Gasteiger partial charge in [0.1, 0.15) is 5.75 Å². The number of para-hydroxylation sites is 1. The van der Waals surface area contributed by atoms with Gasteiger partial charge in [-0.25, -0.2) is 0 Å². The first-order chi connectivity index (χ1) is 14.2. The van der Waals surface area contributed by atoms with Crippen molar-refractivity contribution in [3.63, 3.8) is 0 Å². The highest BCUT2D eigenvalue weighted by Gasteiger charge is 2.22. The first-order valence-corrected chi connectivity index (χ1v) is 10.5. The van der Waals surface area contributed by atoms with Crippen LogP contribution in [0.25, 0.3) is 0 Å². The Balaban J connectivity index is 1.43. The van der Waals surface area contributed by atoms with Gasteiger partial charge in [0.05, 0.1) is 12.8 Å². The van der Waals surface area contributed by atoms with Crippen LogP contribution in [0.5, 0.6) is 5.75 Å². The Labute approximate surface area is 173 Å². The maximum absolute atomic E-state index is 12.5. The van der Waals surface area contributed by atoms with Crippen molar-refractivity contribution in [3.05, 3.63) is 54.1 Å². The second-order valence-electron chi connectivity index (χ2n) is 7.84. The van der Waals surface area contributed by atoms with E-state index >= 15 is 0 Å². The molecule has 3 rings (SSSR count). The molecular weight excluding hydrogens is 364 g/mol. The molecule has 0 unspecified atom stereocenters. The van der Waals surface area contributed by atoms with Crippen molar-refractivity contribution in [3.8, 4) is 5.75 Å². The van der Waals surface area contributed by atoms with Gasteiger partial charge in [-0.3, -0.25) is 14.8 Å². The van der Waals surface area contributed by atoms with E-state index in [2.05, 4.69) is 27.0 Å². The molecule has 1 aliphatic rings. The van der Waals surface area contributed by atoms with Crippen LogP contribution in [0.3, 0.4) is 0 Å². The van der Waals surface area contributed by atoms with E-state index in [1.807, 2.05) is 24.1 Å². The van der Waals surface area contributed by atoms with E-state index in [-0.39, 0.29) is 5.91 Å². The molecule has 2 heterocycles. The predicted octanol–water partition coefficient (Wildman–Crippen LogP) is 2.83. The molecule has 1 saturated heterocycles. The number of carbonyl (C=O) groups excluding carboxylic acids is 1. The largest absolute Gasteiger partial charge is 0.496 e. The Morgan fingerprint density at radius 3 is 2.93 bits per heavy atom. The zero-order chi connectivity index (χ0) is 20.5. The van der Waals surface area contributed by atoms with Crippen molar-refractivity contribution >= 4 is 5.91 Å². The number of benzene rings is 1. The first-order valence-electron chi connectivity index (χ1n) is 10.5. The molecule has 1 aliphatic heterocycles. The van der Waals surface area contributed by atoms with Crippen LogP contribution in [0.15, 0.2) is 42.9 Å². The predicted molar refractivity (Wildman–Crippen MR) is 114 cm³/mol. The minimum Gasteiger partial charge on any atom is -0.496 e. The third-order valence-electron chi connectivity index (χ3n) is 5.66. The minimum absolute atomic E-state index is 0.182. The number of amides is 1. The highest BCUT2D eigenvalue weighted by Crippen LogP contribution is 2.21. The summed E-state index contributed by atoms with van der Waals surface area (Å²) in [6.07, 6.45) is 9.56. The van der Waals surface area contributed by atoms with Gasteiger partial charge < -0.3 is 14.5 Å². The van der Waals surface area contributed by atoms with Crippen molar-refractivity contribution in [2.45, 2.75) is 32.1 Å². The average Bonchev–Trinajstić information content (AvgIpc) is 2.77. The number of methoxy groups -OCH3 is 1. The number of piperidine rings is 1. The molecule has 6 heteroatoms. The lowest BCUT2D eigenvalue weighted by Crippen LogP contribution is -2.42. The summed E-state index contributed by atoms with van der Waals surface area (Å²) < 4.78 is 5.47. The van der Waals surface area contributed by atoms with Crippen LogP contribution in [0.1, 0.15) is 30.5 Å². The molecule has 6 nitrogen and oxygen atoms in total. The van der Waals surface area contributed by atoms with Gasteiger partial charge in [-0.1, -0.05) is 18.2 Å². The molecule has 0 radical (unpaired) electrons. The van der Waals surface area contributed by atoms with E-state index in [1.165, 1.54) is 18.4 Å². The fourth-order valence-electron chi connectivity index (χ4n) is 4.07. The summed E-state index contributed by atoms with van der Waals surface area (Å²) in [5.41, 5.74) is 2.13. The standard InChI is InChI=1S/C23H32N4O2/c1-26(23(28)10-9-21-16-24-12-13-25-21)17-19-6-5-14-27(18-19)15-11-20-7-3-4-8-22(20)29-2/h3-4,7-8,12-13,16,19H,5-6,9-11,14-15,17-18H2,1-2H3/t19-/m0/s1. The van der Waals surface area contributed by atoms with Crippen LogP contribution < -0.4 is 4.74 Å². The fourth-order valence-corrected chi connectivity index (χ4v) is 4.07. The summed E-state index contributed by atoms with van der Waals surface area (Å²) in [6.45, 7) is 4.04. The van der Waals surface area contributed by atoms with Crippen LogP contribution in [0.2, 0.25) is 0 Å². The van der Waals surface area contributed by atoms with Gasteiger partial charge in [0.25, 0.3) is 0 Å². The summed E-state index contributed by atoms with van der Waals surface area (Å²) >= 11 is 0. The Morgan fingerprint density at radius 1 is 1.28 bits per heavy atom. The van der Waals surface area contributed by atoms with Gasteiger partial charge >= 0.3 is 0 Å². The van der Waals surface area contributed by atoms with Crippen molar-refractivity contribution < 1.29 is 9.53 Å². The fraction of sp³-hybridized carbons (Fsp3) is 0.522. The van der Waals surface area contributed by atoms with E-state index in [9.17, 15) is 4.79 Å². The molecule has 156 valence electrons. The van der Waals surface area contributed by atoms with Crippen LogP contribution >= 0.6 is 0 Å². The SMILES string of the molecule is COc1ccccc1CCN1CCC[C@@H](CN(C)C(=O)CCc2cnccn2)C1. The number of ether oxygens (including phenoxy) is 1. The lowest BCUT2D eigenvalue weighted by molar-refractivity contribution is -0.130. The van der Waals surface area contributed by atoms with Gasteiger partial charge in [0, 0.05) is 51.7 Å². The number of likely N-dealkylation sites (tertiary alicyclic amines) is 1. The topological polar surface area (TPSA) is 58.6 Å². The van der Waals surface area contributed by atoms with Crippen molar-refractivity contribution in [2.75, 3.05) is 40.3 Å². The molecule has 2 aromatic rings. The molecule has 0 bridgehead atoms. The molecular formula is C23H32N4O2. The number of aryl methyl sites for hydroxylation is 1. The summed E-state index contributed by atoms with van der Waals surface area (Å²) in [6, 6.07) is 8.24. The maximum atomic E-state index is 12.5. The van der Waals surface area contributed by atoms with Crippen molar-refractivity contribution in [2.24, 2.45) is 5.92 Å². The Kier molecular flexibility index (Phi) is 7.99. The highest BCUT2D eigenvalue weighted by atomic mass is 16.5. The van der Waals surface area contributed by atoms with Crippen molar-refractivity contribution in [1.29, 1.82) is 0 Å². The van der Waals surface area contributed by atoms with Crippen LogP contribution in [-0.2, 0) is 17.6 Å². The van der Waals surface area contributed by atoms with E-state index in [0.29, 0.717) is 18.8 Å². The molecule has 1 amide bonds. The highest BCUT2D eigenvalue weighted by molar-refractivity contribution is 5.76.